The van der Waals surface area contributed by atoms with Crippen molar-refractivity contribution < 1.29 is 4.39 Å². The van der Waals surface area contributed by atoms with Gasteiger partial charge in [-0.15, -0.1) is 0 Å². The van der Waals surface area contributed by atoms with Gasteiger partial charge in [-0.3, -0.25) is 0 Å². The third-order valence-electron chi connectivity index (χ3n) is 2.15. The van der Waals surface area contributed by atoms with Gasteiger partial charge in [-0.05, 0) is 6.42 Å². The van der Waals surface area contributed by atoms with Crippen LogP contribution in [0.3, 0.4) is 0 Å². The Morgan fingerprint density at radius 2 is 2.21 bits per heavy atom. The number of thioether (sulfide) groups is 1. The van der Waals surface area contributed by atoms with Gasteiger partial charge in [0, 0.05) is 17.0 Å². The molecular formula is C9H12FN3S. The van der Waals surface area contributed by atoms with Gasteiger partial charge in [0.2, 0.25) is 5.95 Å². The summed E-state index contributed by atoms with van der Waals surface area (Å²) in [5.41, 5.74) is 0. The van der Waals surface area contributed by atoms with E-state index in [4.69, 9.17) is 0 Å². The Hall–Kier alpha value is -0.840. The van der Waals surface area contributed by atoms with Crippen molar-refractivity contribution in [1.29, 1.82) is 0 Å². The first kappa shape index (κ1) is 9.71. The van der Waals surface area contributed by atoms with Crippen molar-refractivity contribution in [2.24, 2.45) is 0 Å². The Morgan fingerprint density at radius 1 is 1.50 bits per heavy atom. The molecule has 0 radical (unpaired) electrons. The summed E-state index contributed by atoms with van der Waals surface area (Å²) in [4.78, 5) is 7.72. The Balaban J connectivity index is 1.94. The van der Waals surface area contributed by atoms with Gasteiger partial charge in [0.05, 0.1) is 12.4 Å². The van der Waals surface area contributed by atoms with Crippen molar-refractivity contribution in [2.75, 3.05) is 11.1 Å². The molecule has 0 saturated carbocycles. The highest BCUT2D eigenvalue weighted by Crippen LogP contribution is 2.27. The van der Waals surface area contributed by atoms with Crippen LogP contribution in [0.5, 0.6) is 0 Å². The quantitative estimate of drug-likeness (QED) is 0.814. The Kier molecular flexibility index (Phi) is 2.86. The lowest BCUT2D eigenvalue weighted by atomic mass is 10.2. The van der Waals surface area contributed by atoms with Gasteiger partial charge in [0.15, 0.2) is 5.82 Å². The molecule has 76 valence electrons. The van der Waals surface area contributed by atoms with Gasteiger partial charge in [0.25, 0.3) is 0 Å². The molecule has 0 bridgehead atoms. The number of halogens is 1. The van der Waals surface area contributed by atoms with Crippen LogP contribution in [0.15, 0.2) is 12.4 Å². The van der Waals surface area contributed by atoms with Crippen LogP contribution in [-0.2, 0) is 0 Å². The summed E-state index contributed by atoms with van der Waals surface area (Å²) in [5.74, 6) is 1.19. The maximum Gasteiger partial charge on any atom is 0.223 e. The molecule has 3 nitrogen and oxygen atoms in total. The zero-order valence-electron chi connectivity index (χ0n) is 7.90. The van der Waals surface area contributed by atoms with E-state index in [1.165, 1.54) is 12.4 Å². The van der Waals surface area contributed by atoms with E-state index in [-0.39, 0.29) is 0 Å². The molecule has 1 N–H and O–H groups in total. The molecular weight excluding hydrogens is 201 g/mol. The molecule has 1 fully saturated rings. The second-order valence-corrected chi connectivity index (χ2v) is 4.92. The predicted octanol–water partition coefficient (Wildman–Crippen LogP) is 1.92. The molecule has 1 aromatic heterocycles. The summed E-state index contributed by atoms with van der Waals surface area (Å²) in [6.45, 7) is 2.21. The molecule has 1 aromatic rings. The summed E-state index contributed by atoms with van der Waals surface area (Å²) in [7, 11) is 0. The molecule has 0 spiro atoms. The van der Waals surface area contributed by atoms with Gasteiger partial charge in [-0.25, -0.2) is 14.4 Å². The lowest BCUT2D eigenvalue weighted by molar-refractivity contribution is 0.613. The van der Waals surface area contributed by atoms with E-state index in [0.29, 0.717) is 17.2 Å². The summed E-state index contributed by atoms with van der Waals surface area (Å²) >= 11 is 1.94. The normalized spacial score (nSPS) is 26.4. The van der Waals surface area contributed by atoms with Crippen molar-refractivity contribution in [3.63, 3.8) is 0 Å². The average molecular weight is 213 g/mol. The number of nitrogens with one attached hydrogen (secondary N) is 1. The minimum Gasteiger partial charge on any atom is -0.351 e. The van der Waals surface area contributed by atoms with Crippen LogP contribution in [0.25, 0.3) is 0 Å². The molecule has 0 aromatic carbocycles. The average Bonchev–Trinajstić information content (AvgIpc) is 2.56. The van der Waals surface area contributed by atoms with Crippen LogP contribution >= 0.6 is 11.8 Å². The minimum absolute atomic E-state index is 0.398. The highest BCUT2D eigenvalue weighted by molar-refractivity contribution is 8.00. The number of hydrogen-bond acceptors (Lipinski definition) is 4. The number of nitrogens with zero attached hydrogens (tertiary/aromatic N) is 2. The van der Waals surface area contributed by atoms with Gasteiger partial charge < -0.3 is 5.32 Å². The van der Waals surface area contributed by atoms with Gasteiger partial charge in [-0.1, -0.05) is 6.92 Å². The van der Waals surface area contributed by atoms with E-state index < -0.39 is 5.82 Å². The fourth-order valence-electron chi connectivity index (χ4n) is 1.49. The first-order chi connectivity index (χ1) is 6.74. The summed E-state index contributed by atoms with van der Waals surface area (Å²) < 4.78 is 12.5. The monoisotopic (exact) mass is 213 g/mol. The second kappa shape index (κ2) is 4.13. The molecule has 14 heavy (non-hydrogen) atoms. The van der Waals surface area contributed by atoms with Gasteiger partial charge in [0.1, 0.15) is 0 Å². The third kappa shape index (κ3) is 2.35. The highest BCUT2D eigenvalue weighted by Gasteiger charge is 2.21. The van der Waals surface area contributed by atoms with E-state index in [1.54, 1.807) is 0 Å². The van der Waals surface area contributed by atoms with Crippen molar-refractivity contribution in [3.8, 4) is 0 Å². The van der Waals surface area contributed by atoms with Crippen LogP contribution in [-0.4, -0.2) is 27.0 Å². The van der Waals surface area contributed by atoms with E-state index in [1.807, 2.05) is 11.8 Å². The highest BCUT2D eigenvalue weighted by atomic mass is 32.2. The standard InChI is InChI=1S/C9H12FN3S/c1-6-2-8(5-14-6)13-9-11-3-7(10)4-12-9/h3-4,6,8H,2,5H2,1H3,(H,11,12,13)/t6-,8+/m1/s1. The number of hydrogen-bond donors (Lipinski definition) is 1. The largest absolute Gasteiger partial charge is 0.351 e. The SMILES string of the molecule is C[C@@H]1C[C@H](Nc2ncc(F)cn2)CS1. The number of aromatic nitrogens is 2. The van der Waals surface area contributed by atoms with Crippen LogP contribution in [0.4, 0.5) is 10.3 Å². The van der Waals surface area contributed by atoms with Crippen LogP contribution in [0.2, 0.25) is 0 Å². The topological polar surface area (TPSA) is 37.8 Å². The Bertz CT molecular complexity index is 303. The third-order valence-corrected chi connectivity index (χ3v) is 3.51. The van der Waals surface area contributed by atoms with Crippen molar-refractivity contribution in [3.05, 3.63) is 18.2 Å². The first-order valence-corrected chi connectivity index (χ1v) is 5.64. The molecule has 2 heterocycles. The predicted molar refractivity (Wildman–Crippen MR) is 55.9 cm³/mol. The molecule has 2 atom stereocenters. The van der Waals surface area contributed by atoms with E-state index in [0.717, 1.165) is 12.2 Å². The van der Waals surface area contributed by atoms with Gasteiger partial charge >= 0.3 is 0 Å². The van der Waals surface area contributed by atoms with E-state index in [2.05, 4.69) is 22.2 Å². The van der Waals surface area contributed by atoms with E-state index >= 15 is 0 Å². The summed E-state index contributed by atoms with van der Waals surface area (Å²) in [6.07, 6.45) is 3.48. The van der Waals surface area contributed by atoms with Crippen molar-refractivity contribution >= 4 is 17.7 Å². The van der Waals surface area contributed by atoms with Crippen molar-refractivity contribution in [1.82, 2.24) is 9.97 Å². The molecule has 2 rings (SSSR count). The second-order valence-electron chi connectivity index (χ2n) is 3.45. The molecule has 1 aliphatic heterocycles. The first-order valence-electron chi connectivity index (χ1n) is 4.60. The molecule has 1 saturated heterocycles. The molecule has 5 heteroatoms. The maximum absolute atomic E-state index is 12.5. The van der Waals surface area contributed by atoms with Gasteiger partial charge in [-0.2, -0.15) is 11.8 Å². The molecule has 0 unspecified atom stereocenters. The lowest BCUT2D eigenvalue weighted by Gasteiger charge is -2.10. The summed E-state index contributed by atoms with van der Waals surface area (Å²) in [5, 5.41) is 3.88. The summed E-state index contributed by atoms with van der Waals surface area (Å²) in [6, 6.07) is 0.417. The zero-order valence-corrected chi connectivity index (χ0v) is 8.72. The zero-order chi connectivity index (χ0) is 9.97. The number of rotatable bonds is 2. The fourth-order valence-corrected chi connectivity index (χ4v) is 2.64. The van der Waals surface area contributed by atoms with Crippen LogP contribution < -0.4 is 5.32 Å². The fraction of sp³-hybridized carbons (Fsp3) is 0.556. The number of anilines is 1. The van der Waals surface area contributed by atoms with Crippen LogP contribution in [0, 0.1) is 5.82 Å². The molecule has 1 aliphatic rings. The Labute approximate surface area is 86.5 Å². The maximum atomic E-state index is 12.5. The Morgan fingerprint density at radius 3 is 2.79 bits per heavy atom. The van der Waals surface area contributed by atoms with Crippen LogP contribution in [0.1, 0.15) is 13.3 Å². The van der Waals surface area contributed by atoms with E-state index in [9.17, 15) is 4.39 Å². The van der Waals surface area contributed by atoms with Crippen molar-refractivity contribution in [2.45, 2.75) is 24.6 Å². The molecule has 0 amide bonds. The smallest absolute Gasteiger partial charge is 0.223 e. The lowest BCUT2D eigenvalue weighted by Crippen LogP contribution is -2.20. The minimum atomic E-state index is -0.398. The molecule has 0 aliphatic carbocycles.